The quantitative estimate of drug-likeness (QED) is 0.256. The third-order valence-corrected chi connectivity index (χ3v) is 7.57. The van der Waals surface area contributed by atoms with E-state index >= 15 is 0 Å². The van der Waals surface area contributed by atoms with Gasteiger partial charge in [-0.05, 0) is 78.8 Å². The smallest absolute Gasteiger partial charge is 0.273 e. The van der Waals surface area contributed by atoms with Crippen LogP contribution in [0.2, 0.25) is 0 Å². The number of aliphatic imine (C=N–C) groups is 1. The number of aryl methyl sites for hydroxylation is 3. The molecule has 238 valence electrons. The van der Waals surface area contributed by atoms with Crippen LogP contribution in [0.4, 0.5) is 8.78 Å². The van der Waals surface area contributed by atoms with Crippen LogP contribution >= 0.6 is 0 Å². The Morgan fingerprint density at radius 1 is 1.12 bits per heavy atom. The molecular weight excluding hydrogens is 546 g/mol. The van der Waals surface area contributed by atoms with E-state index in [1.54, 1.807) is 6.07 Å². The summed E-state index contributed by atoms with van der Waals surface area (Å²) in [5.41, 5.74) is 10.00. The van der Waals surface area contributed by atoms with Crippen LogP contribution < -0.4 is 16.4 Å². The second kappa shape index (κ2) is 16.0. The minimum Gasteiger partial charge on any atom is -0.370 e. The number of nitrogens with zero attached hydrogens (tertiary/aromatic N) is 1. The van der Waals surface area contributed by atoms with Crippen molar-refractivity contribution in [1.29, 1.82) is 0 Å². The lowest BCUT2D eigenvalue weighted by atomic mass is 9.83. The third kappa shape index (κ3) is 10.4. The summed E-state index contributed by atoms with van der Waals surface area (Å²) in [4.78, 5) is 29.3. The molecule has 2 aromatic rings. The monoisotopic (exact) mass is 598 g/mol. The molecule has 2 unspecified atom stereocenters. The summed E-state index contributed by atoms with van der Waals surface area (Å²) in [6, 6.07) is 10.7. The number of alkyl halides is 2. The minimum absolute atomic E-state index is 0.0378. The molecule has 0 spiro atoms. The SMILES string of the molecule is CC.CC.Cc1ccc(CCCCC2CC(=O)NC(N)=N2)cc1C(CC(C)(C)C)NC(=O)c1ccc2c(c1)CCC2(F)F. The van der Waals surface area contributed by atoms with Gasteiger partial charge >= 0.3 is 0 Å². The summed E-state index contributed by atoms with van der Waals surface area (Å²) >= 11 is 0. The number of rotatable bonds is 9. The second-order valence-electron chi connectivity index (χ2n) is 12.2. The van der Waals surface area contributed by atoms with Crippen molar-refractivity contribution in [3.8, 4) is 0 Å². The van der Waals surface area contributed by atoms with E-state index in [0.717, 1.165) is 43.2 Å². The number of hydrogen-bond donors (Lipinski definition) is 3. The maximum absolute atomic E-state index is 14.1. The highest BCUT2D eigenvalue weighted by Gasteiger charge is 2.39. The molecule has 4 rings (SSSR count). The fourth-order valence-corrected chi connectivity index (χ4v) is 5.60. The van der Waals surface area contributed by atoms with Gasteiger partial charge in [-0.25, -0.2) is 13.8 Å². The molecule has 2 amide bonds. The van der Waals surface area contributed by atoms with Crippen LogP contribution in [0.1, 0.15) is 131 Å². The number of amides is 2. The maximum Gasteiger partial charge on any atom is 0.273 e. The molecule has 1 heterocycles. The van der Waals surface area contributed by atoms with Crippen molar-refractivity contribution < 1.29 is 18.4 Å². The van der Waals surface area contributed by atoms with E-state index < -0.39 is 5.92 Å². The average molecular weight is 599 g/mol. The topological polar surface area (TPSA) is 96.6 Å². The second-order valence-corrected chi connectivity index (χ2v) is 12.2. The van der Waals surface area contributed by atoms with Crippen LogP contribution in [0.3, 0.4) is 0 Å². The van der Waals surface area contributed by atoms with E-state index in [4.69, 9.17) is 5.73 Å². The molecule has 0 aromatic heterocycles. The van der Waals surface area contributed by atoms with E-state index in [1.165, 1.54) is 17.7 Å². The average Bonchev–Trinajstić information content (AvgIpc) is 3.26. The largest absolute Gasteiger partial charge is 0.370 e. The van der Waals surface area contributed by atoms with E-state index in [9.17, 15) is 18.4 Å². The zero-order valence-electron chi connectivity index (χ0n) is 27.4. The van der Waals surface area contributed by atoms with Gasteiger partial charge in [0, 0.05) is 24.0 Å². The Balaban J connectivity index is 0.00000155. The number of unbranched alkanes of at least 4 members (excludes halogenated alkanes) is 1. The van der Waals surface area contributed by atoms with E-state index in [0.29, 0.717) is 17.5 Å². The summed E-state index contributed by atoms with van der Waals surface area (Å²) < 4.78 is 28.2. The van der Waals surface area contributed by atoms with Gasteiger partial charge in [0.25, 0.3) is 11.8 Å². The van der Waals surface area contributed by atoms with Gasteiger partial charge in [-0.1, -0.05) is 79.2 Å². The number of benzene rings is 2. The fraction of sp³-hybridized carbons (Fsp3) is 0.571. The van der Waals surface area contributed by atoms with Crippen molar-refractivity contribution in [2.24, 2.45) is 16.1 Å². The summed E-state index contributed by atoms with van der Waals surface area (Å²) in [5, 5.41) is 5.74. The number of guanidine groups is 1. The molecule has 0 saturated carbocycles. The van der Waals surface area contributed by atoms with Gasteiger partial charge in [0.15, 0.2) is 5.96 Å². The summed E-state index contributed by atoms with van der Waals surface area (Å²) in [5.74, 6) is -2.95. The zero-order chi connectivity index (χ0) is 32.4. The first-order valence-corrected chi connectivity index (χ1v) is 15.9. The highest BCUT2D eigenvalue weighted by Crippen LogP contribution is 2.42. The number of halogens is 2. The fourth-order valence-electron chi connectivity index (χ4n) is 5.60. The lowest BCUT2D eigenvalue weighted by Gasteiger charge is -2.29. The summed E-state index contributed by atoms with van der Waals surface area (Å²) in [7, 11) is 0. The Labute approximate surface area is 257 Å². The first-order chi connectivity index (χ1) is 20.3. The molecule has 2 aromatic carbocycles. The van der Waals surface area contributed by atoms with Crippen molar-refractivity contribution in [2.45, 2.75) is 125 Å². The first-order valence-electron chi connectivity index (χ1n) is 15.9. The van der Waals surface area contributed by atoms with Gasteiger partial charge in [-0.2, -0.15) is 0 Å². The number of hydrogen-bond acceptors (Lipinski definition) is 4. The molecule has 2 atom stereocenters. The van der Waals surface area contributed by atoms with Crippen molar-refractivity contribution >= 4 is 17.8 Å². The standard InChI is InChI=1S/C31H40F2N4O2.2C2H6/c1-19-9-10-20(7-5-6-8-23-17-27(38)37-29(34)35-23)15-24(19)26(18-30(2,3)4)36-28(39)22-11-12-25-21(16-22)13-14-31(25,32)33;2*1-2/h9-12,15-16,23,26H,5-8,13-14,17-18H2,1-4H3,(H,36,39)(H3,34,35,37,38);2*1-2H3. The van der Waals surface area contributed by atoms with Crippen molar-refractivity contribution in [3.63, 3.8) is 0 Å². The molecule has 6 nitrogen and oxygen atoms in total. The Morgan fingerprint density at radius 2 is 1.81 bits per heavy atom. The van der Waals surface area contributed by atoms with Crippen LogP contribution in [-0.2, 0) is 23.6 Å². The molecule has 43 heavy (non-hydrogen) atoms. The first kappa shape index (κ1) is 35.9. The van der Waals surface area contributed by atoms with Gasteiger partial charge in [-0.15, -0.1) is 0 Å². The van der Waals surface area contributed by atoms with Gasteiger partial charge < -0.3 is 11.1 Å². The number of nitrogens with two attached hydrogens (primary N) is 1. The molecule has 0 fully saturated rings. The summed E-state index contributed by atoms with van der Waals surface area (Å²) in [6.45, 7) is 16.5. The molecule has 0 radical (unpaired) electrons. The molecule has 8 heteroatoms. The highest BCUT2D eigenvalue weighted by molar-refractivity contribution is 5.98. The molecule has 4 N–H and O–H groups in total. The number of carbonyl (C=O) groups is 2. The molecular formula is C35H52F2N4O2. The lowest BCUT2D eigenvalue weighted by Crippen LogP contribution is -2.43. The molecule has 1 aliphatic carbocycles. The number of fused-ring (bicyclic) bond motifs is 1. The van der Waals surface area contributed by atoms with E-state index in [-0.39, 0.29) is 53.7 Å². The van der Waals surface area contributed by atoms with Crippen molar-refractivity contribution in [2.75, 3.05) is 0 Å². The molecule has 0 bridgehead atoms. The Morgan fingerprint density at radius 3 is 2.47 bits per heavy atom. The molecule has 0 saturated heterocycles. The van der Waals surface area contributed by atoms with Gasteiger partial charge in [-0.3, -0.25) is 14.9 Å². The number of carbonyl (C=O) groups excluding carboxylic acids is 2. The maximum atomic E-state index is 14.1. The van der Waals surface area contributed by atoms with Crippen molar-refractivity contribution in [3.05, 3.63) is 69.8 Å². The highest BCUT2D eigenvalue weighted by atomic mass is 19.3. The van der Waals surface area contributed by atoms with Crippen molar-refractivity contribution in [1.82, 2.24) is 10.6 Å². The predicted octanol–water partition coefficient (Wildman–Crippen LogP) is 7.91. The van der Waals surface area contributed by atoms with E-state index in [1.807, 2.05) is 27.7 Å². The minimum atomic E-state index is -2.82. The summed E-state index contributed by atoms with van der Waals surface area (Å²) in [6.07, 6.45) is 4.74. The van der Waals surface area contributed by atoms with Crippen LogP contribution in [0.25, 0.3) is 0 Å². The van der Waals surface area contributed by atoms with Crippen LogP contribution in [0.15, 0.2) is 41.4 Å². The Hall–Kier alpha value is -3.29. The van der Waals surface area contributed by atoms with Crippen LogP contribution in [-0.4, -0.2) is 23.8 Å². The third-order valence-electron chi connectivity index (χ3n) is 7.57. The van der Waals surface area contributed by atoms with Crippen LogP contribution in [0.5, 0.6) is 0 Å². The Bertz CT molecular complexity index is 1270. The van der Waals surface area contributed by atoms with Gasteiger partial charge in [0.1, 0.15) is 0 Å². The molecule has 1 aliphatic heterocycles. The lowest BCUT2D eigenvalue weighted by molar-refractivity contribution is -0.120. The van der Waals surface area contributed by atoms with Gasteiger partial charge in [0.05, 0.1) is 12.1 Å². The van der Waals surface area contributed by atoms with Gasteiger partial charge in [0.2, 0.25) is 5.91 Å². The number of nitrogens with one attached hydrogen (secondary N) is 2. The zero-order valence-corrected chi connectivity index (χ0v) is 27.4. The van der Waals surface area contributed by atoms with Crippen LogP contribution in [0, 0.1) is 12.3 Å². The van der Waals surface area contributed by atoms with E-state index in [2.05, 4.69) is 61.5 Å². The predicted molar refractivity (Wildman–Crippen MR) is 173 cm³/mol. The normalized spacial score (nSPS) is 17.7. The Kier molecular flexibility index (Phi) is 13.3. The molecule has 2 aliphatic rings.